The van der Waals surface area contributed by atoms with Gasteiger partial charge in [0.05, 0.1) is 4.90 Å². The van der Waals surface area contributed by atoms with Crippen molar-refractivity contribution in [2.24, 2.45) is 0 Å². The molecule has 0 aliphatic rings. The Balaban J connectivity index is 2.79. The van der Waals surface area contributed by atoms with E-state index < -0.39 is 9.84 Å². The van der Waals surface area contributed by atoms with Crippen LogP contribution in [0.25, 0.3) is 0 Å². The summed E-state index contributed by atoms with van der Waals surface area (Å²) < 4.78 is 22.3. The number of hydrogen-bond acceptors (Lipinski definition) is 3. The molecule has 0 heterocycles. The van der Waals surface area contributed by atoms with Crippen molar-refractivity contribution >= 4 is 33.2 Å². The Morgan fingerprint density at radius 2 is 1.86 bits per heavy atom. The van der Waals surface area contributed by atoms with E-state index in [1.54, 1.807) is 36.0 Å². The highest BCUT2D eigenvalue weighted by Crippen LogP contribution is 2.20. The fourth-order valence-electron chi connectivity index (χ4n) is 0.939. The van der Waals surface area contributed by atoms with E-state index in [-0.39, 0.29) is 0 Å². The maximum absolute atomic E-state index is 11.1. The molecule has 1 rings (SSSR count). The molecule has 0 spiro atoms. The molecule has 0 aromatic heterocycles. The molecular weight excluding hydrogens is 240 g/mol. The van der Waals surface area contributed by atoms with E-state index in [2.05, 4.69) is 0 Å². The summed E-state index contributed by atoms with van der Waals surface area (Å²) in [5.74, 6) is 1.43. The summed E-state index contributed by atoms with van der Waals surface area (Å²) in [6, 6.07) is 6.83. The van der Waals surface area contributed by atoms with Gasteiger partial charge in [-0.15, -0.1) is 23.4 Å². The summed E-state index contributed by atoms with van der Waals surface area (Å²) in [7, 11) is -3.08. The number of thioether (sulfide) groups is 1. The van der Waals surface area contributed by atoms with Crippen LogP contribution in [-0.2, 0) is 9.84 Å². The second-order valence-corrected chi connectivity index (χ2v) is 6.34. The first-order chi connectivity index (χ1) is 6.54. The molecule has 0 radical (unpaired) electrons. The SMILES string of the molecule is CS(=O)(=O)c1ccc(SCCCl)cc1. The van der Waals surface area contributed by atoms with E-state index in [9.17, 15) is 8.42 Å². The molecule has 0 saturated heterocycles. The first-order valence-electron chi connectivity index (χ1n) is 4.03. The molecule has 0 amide bonds. The van der Waals surface area contributed by atoms with E-state index in [1.165, 1.54) is 6.26 Å². The first kappa shape index (κ1) is 11.9. The molecule has 0 aliphatic heterocycles. The van der Waals surface area contributed by atoms with Crippen molar-refractivity contribution in [3.63, 3.8) is 0 Å². The molecule has 78 valence electrons. The molecule has 0 saturated carbocycles. The molecule has 0 unspecified atom stereocenters. The van der Waals surface area contributed by atoms with Gasteiger partial charge in [-0.2, -0.15) is 0 Å². The lowest BCUT2D eigenvalue weighted by molar-refractivity contribution is 0.602. The average molecular weight is 251 g/mol. The van der Waals surface area contributed by atoms with Gasteiger partial charge in [0.15, 0.2) is 9.84 Å². The molecule has 1 aromatic carbocycles. The summed E-state index contributed by atoms with van der Waals surface area (Å²) in [6.45, 7) is 0. The monoisotopic (exact) mass is 250 g/mol. The average Bonchev–Trinajstić information content (AvgIpc) is 2.14. The molecule has 2 nitrogen and oxygen atoms in total. The summed E-state index contributed by atoms with van der Waals surface area (Å²) >= 11 is 7.15. The van der Waals surface area contributed by atoms with Gasteiger partial charge in [0.2, 0.25) is 0 Å². The van der Waals surface area contributed by atoms with Gasteiger partial charge < -0.3 is 0 Å². The standard InChI is InChI=1S/C9H11ClO2S2/c1-14(11,12)9-4-2-8(3-5-9)13-7-6-10/h2-5H,6-7H2,1H3. The highest BCUT2D eigenvalue weighted by Gasteiger charge is 2.05. The smallest absolute Gasteiger partial charge is 0.175 e. The molecule has 14 heavy (non-hydrogen) atoms. The number of rotatable bonds is 4. The quantitative estimate of drug-likeness (QED) is 0.608. The summed E-state index contributed by atoms with van der Waals surface area (Å²) in [5.41, 5.74) is 0. The lowest BCUT2D eigenvalue weighted by Gasteiger charge is -2.01. The van der Waals surface area contributed by atoms with Crippen molar-refractivity contribution in [2.45, 2.75) is 9.79 Å². The van der Waals surface area contributed by atoms with Crippen LogP contribution in [0.15, 0.2) is 34.1 Å². The van der Waals surface area contributed by atoms with E-state index >= 15 is 0 Å². The Kier molecular flexibility index (Phi) is 4.29. The Labute approximate surface area is 93.6 Å². The predicted octanol–water partition coefficient (Wildman–Crippen LogP) is 2.42. The van der Waals surface area contributed by atoms with Gasteiger partial charge in [0, 0.05) is 22.8 Å². The number of benzene rings is 1. The van der Waals surface area contributed by atoms with E-state index in [1.807, 2.05) is 0 Å². The first-order valence-corrected chi connectivity index (χ1v) is 7.44. The molecular formula is C9H11ClO2S2. The van der Waals surface area contributed by atoms with Gasteiger partial charge >= 0.3 is 0 Å². The third-order valence-electron chi connectivity index (χ3n) is 1.60. The molecule has 5 heteroatoms. The van der Waals surface area contributed by atoms with Crippen molar-refractivity contribution in [2.75, 3.05) is 17.9 Å². The highest BCUT2D eigenvalue weighted by molar-refractivity contribution is 7.99. The second-order valence-electron chi connectivity index (χ2n) is 2.78. The zero-order valence-corrected chi connectivity index (χ0v) is 10.1. The summed E-state index contributed by atoms with van der Waals surface area (Å²) in [4.78, 5) is 1.39. The van der Waals surface area contributed by atoms with Gasteiger partial charge in [0.1, 0.15) is 0 Å². The molecule has 0 atom stereocenters. The van der Waals surface area contributed by atoms with Crippen LogP contribution in [0.4, 0.5) is 0 Å². The van der Waals surface area contributed by atoms with Crippen molar-refractivity contribution in [3.05, 3.63) is 24.3 Å². The van der Waals surface area contributed by atoms with Gasteiger partial charge in [-0.05, 0) is 24.3 Å². The maximum atomic E-state index is 11.1. The van der Waals surface area contributed by atoms with Crippen LogP contribution in [0, 0.1) is 0 Å². The predicted molar refractivity (Wildman–Crippen MR) is 61.0 cm³/mol. The number of sulfone groups is 1. The minimum absolute atomic E-state index is 0.354. The van der Waals surface area contributed by atoms with Crippen LogP contribution >= 0.6 is 23.4 Å². The normalized spacial score (nSPS) is 11.6. The molecule has 0 N–H and O–H groups in total. The van der Waals surface area contributed by atoms with Crippen molar-refractivity contribution < 1.29 is 8.42 Å². The zero-order chi connectivity index (χ0) is 10.6. The minimum atomic E-state index is -3.08. The Morgan fingerprint density at radius 1 is 1.29 bits per heavy atom. The minimum Gasteiger partial charge on any atom is -0.224 e. The highest BCUT2D eigenvalue weighted by atomic mass is 35.5. The van der Waals surface area contributed by atoms with Gasteiger partial charge in [0.25, 0.3) is 0 Å². The third-order valence-corrected chi connectivity index (χ3v) is 4.15. The number of alkyl halides is 1. The Morgan fingerprint density at radius 3 is 2.29 bits per heavy atom. The molecule has 0 aliphatic carbocycles. The Bertz CT molecular complexity index is 384. The van der Waals surface area contributed by atoms with E-state index in [4.69, 9.17) is 11.6 Å². The fourth-order valence-corrected chi connectivity index (χ4v) is 2.44. The number of halogens is 1. The van der Waals surface area contributed by atoms with Crippen molar-refractivity contribution in [1.29, 1.82) is 0 Å². The summed E-state index contributed by atoms with van der Waals surface area (Å²) in [6.07, 6.45) is 1.20. The molecule has 1 aromatic rings. The van der Waals surface area contributed by atoms with Crippen LogP contribution < -0.4 is 0 Å². The van der Waals surface area contributed by atoms with E-state index in [0.29, 0.717) is 10.8 Å². The van der Waals surface area contributed by atoms with Gasteiger partial charge in [-0.1, -0.05) is 0 Å². The Hall–Kier alpha value is -0.190. The number of hydrogen-bond donors (Lipinski definition) is 0. The van der Waals surface area contributed by atoms with Gasteiger partial charge in [-0.25, -0.2) is 8.42 Å². The van der Waals surface area contributed by atoms with Crippen LogP contribution in [0.5, 0.6) is 0 Å². The zero-order valence-electron chi connectivity index (χ0n) is 7.73. The second kappa shape index (κ2) is 5.05. The summed E-state index contributed by atoms with van der Waals surface area (Å²) in [5, 5.41) is 0. The van der Waals surface area contributed by atoms with Crippen molar-refractivity contribution in [3.8, 4) is 0 Å². The van der Waals surface area contributed by atoms with Crippen LogP contribution in [0.2, 0.25) is 0 Å². The lowest BCUT2D eigenvalue weighted by atomic mass is 10.4. The fraction of sp³-hybridized carbons (Fsp3) is 0.333. The molecule has 0 fully saturated rings. The van der Waals surface area contributed by atoms with E-state index in [0.717, 1.165) is 10.6 Å². The third kappa shape index (κ3) is 3.52. The van der Waals surface area contributed by atoms with Gasteiger partial charge in [-0.3, -0.25) is 0 Å². The maximum Gasteiger partial charge on any atom is 0.175 e. The largest absolute Gasteiger partial charge is 0.224 e. The van der Waals surface area contributed by atoms with Crippen LogP contribution in [0.1, 0.15) is 0 Å². The van der Waals surface area contributed by atoms with Crippen LogP contribution in [0.3, 0.4) is 0 Å². The van der Waals surface area contributed by atoms with Crippen molar-refractivity contribution in [1.82, 2.24) is 0 Å². The van der Waals surface area contributed by atoms with Crippen LogP contribution in [-0.4, -0.2) is 26.3 Å². The lowest BCUT2D eigenvalue weighted by Crippen LogP contribution is -1.96. The molecule has 0 bridgehead atoms. The topological polar surface area (TPSA) is 34.1 Å².